The van der Waals surface area contributed by atoms with E-state index >= 15 is 0 Å². The van der Waals surface area contributed by atoms with Gasteiger partial charge in [-0.15, -0.1) is 11.3 Å². The molecule has 0 spiro atoms. The molecular formula is C14H13F3N2OS. The van der Waals surface area contributed by atoms with E-state index in [0.717, 1.165) is 17.5 Å². The molecule has 21 heavy (non-hydrogen) atoms. The van der Waals surface area contributed by atoms with Crippen molar-refractivity contribution >= 4 is 17.2 Å². The molecule has 0 fully saturated rings. The van der Waals surface area contributed by atoms with Crippen LogP contribution in [0.25, 0.3) is 10.6 Å². The number of thiazole rings is 1. The summed E-state index contributed by atoms with van der Waals surface area (Å²) in [4.78, 5) is 15.8. The average molecular weight is 314 g/mol. The molecule has 0 aliphatic heterocycles. The summed E-state index contributed by atoms with van der Waals surface area (Å²) in [7, 11) is 0. The van der Waals surface area contributed by atoms with E-state index in [9.17, 15) is 18.0 Å². The predicted molar refractivity (Wildman–Crippen MR) is 74.9 cm³/mol. The summed E-state index contributed by atoms with van der Waals surface area (Å²) in [6.45, 7) is 0.911. The molecule has 0 aliphatic carbocycles. The lowest BCUT2D eigenvalue weighted by molar-refractivity contribution is -0.157. The first-order valence-corrected chi connectivity index (χ1v) is 7.10. The van der Waals surface area contributed by atoms with E-state index in [0.29, 0.717) is 5.69 Å². The third-order valence-corrected chi connectivity index (χ3v) is 3.72. The Morgan fingerprint density at radius 2 is 2.00 bits per heavy atom. The van der Waals surface area contributed by atoms with E-state index in [2.05, 4.69) is 4.98 Å². The topological polar surface area (TPSA) is 42.0 Å². The zero-order valence-electron chi connectivity index (χ0n) is 11.1. The summed E-state index contributed by atoms with van der Waals surface area (Å²) in [5.74, 6) is -0.690. The molecule has 0 saturated heterocycles. The number of benzene rings is 1. The van der Waals surface area contributed by atoms with Crippen LogP contribution in [0.5, 0.6) is 0 Å². The highest BCUT2D eigenvalue weighted by atomic mass is 32.1. The molecule has 0 saturated carbocycles. The zero-order chi connectivity index (χ0) is 15.5. The minimum Gasteiger partial charge on any atom is -0.344 e. The van der Waals surface area contributed by atoms with Crippen molar-refractivity contribution in [2.75, 3.05) is 0 Å². The molecule has 3 nitrogen and oxygen atoms in total. The molecule has 2 rings (SSSR count). The summed E-state index contributed by atoms with van der Waals surface area (Å²) < 4.78 is 37.0. The van der Waals surface area contributed by atoms with Crippen LogP contribution in [0.3, 0.4) is 0 Å². The lowest BCUT2D eigenvalue weighted by Gasteiger charge is -2.16. The van der Waals surface area contributed by atoms with Crippen molar-refractivity contribution in [3.05, 3.63) is 41.4 Å². The van der Waals surface area contributed by atoms with E-state index in [1.54, 1.807) is 5.38 Å². The third-order valence-electron chi connectivity index (χ3n) is 2.78. The van der Waals surface area contributed by atoms with E-state index in [1.807, 2.05) is 35.6 Å². The summed E-state index contributed by atoms with van der Waals surface area (Å²) in [6, 6.07) is 7.52. The fourth-order valence-corrected chi connectivity index (χ4v) is 2.47. The minimum atomic E-state index is -4.44. The third kappa shape index (κ3) is 4.29. The highest BCUT2D eigenvalue weighted by molar-refractivity contribution is 7.13. The van der Waals surface area contributed by atoms with Gasteiger partial charge in [0.05, 0.1) is 12.1 Å². The summed E-state index contributed by atoms with van der Waals surface area (Å²) >= 11 is 1.36. The molecule has 1 N–H and O–H groups in total. The maximum Gasteiger partial charge on any atom is 0.408 e. The van der Waals surface area contributed by atoms with Crippen molar-refractivity contribution in [3.63, 3.8) is 0 Å². The lowest BCUT2D eigenvalue weighted by Crippen LogP contribution is -2.43. The fraction of sp³-hybridized carbons (Fsp3) is 0.286. The van der Waals surface area contributed by atoms with Crippen LogP contribution in [-0.4, -0.2) is 23.1 Å². The molecule has 1 amide bonds. The molecule has 1 heterocycles. The Morgan fingerprint density at radius 3 is 2.62 bits per heavy atom. The summed E-state index contributed by atoms with van der Waals surface area (Å²) in [5, 5.41) is 4.34. The number of hydrogen-bond donors (Lipinski definition) is 1. The number of rotatable bonds is 4. The van der Waals surface area contributed by atoms with Crippen molar-refractivity contribution < 1.29 is 18.0 Å². The van der Waals surface area contributed by atoms with Crippen molar-refractivity contribution in [1.29, 1.82) is 0 Å². The average Bonchev–Trinajstić information content (AvgIpc) is 2.87. The molecule has 7 heteroatoms. The van der Waals surface area contributed by atoms with Gasteiger partial charge in [0.15, 0.2) is 0 Å². The molecule has 112 valence electrons. The van der Waals surface area contributed by atoms with Gasteiger partial charge in [0.1, 0.15) is 11.0 Å². The number of alkyl halides is 3. The first-order chi connectivity index (χ1) is 9.86. The number of nitrogens with zero attached hydrogens (tertiary/aromatic N) is 1. The Hall–Kier alpha value is -1.89. The van der Waals surface area contributed by atoms with Gasteiger partial charge in [-0.3, -0.25) is 4.79 Å². The lowest BCUT2D eigenvalue weighted by atomic mass is 10.2. The first kappa shape index (κ1) is 15.5. The molecule has 1 unspecified atom stereocenters. The summed E-state index contributed by atoms with van der Waals surface area (Å²) in [6.07, 6.45) is -4.60. The van der Waals surface area contributed by atoms with Crippen LogP contribution in [0, 0.1) is 0 Å². The Labute approximate surface area is 123 Å². The predicted octanol–water partition coefficient (Wildman–Crippen LogP) is 3.42. The first-order valence-electron chi connectivity index (χ1n) is 6.22. The SMILES string of the molecule is CC(NC(=O)Cc1csc(-c2ccccc2)n1)C(F)(F)F. The van der Waals surface area contributed by atoms with Gasteiger partial charge >= 0.3 is 6.18 Å². The molecular weight excluding hydrogens is 301 g/mol. The normalized spacial score (nSPS) is 13.0. The second-order valence-corrected chi connectivity index (χ2v) is 5.38. The van der Waals surface area contributed by atoms with Gasteiger partial charge in [0.25, 0.3) is 0 Å². The molecule has 1 atom stereocenters. The number of nitrogens with one attached hydrogen (secondary N) is 1. The second-order valence-electron chi connectivity index (χ2n) is 4.52. The van der Waals surface area contributed by atoms with Crippen LogP contribution in [0.2, 0.25) is 0 Å². The van der Waals surface area contributed by atoms with Gasteiger partial charge in [-0.05, 0) is 6.92 Å². The van der Waals surface area contributed by atoms with Crippen LogP contribution < -0.4 is 5.32 Å². The highest BCUT2D eigenvalue weighted by Crippen LogP contribution is 2.24. The smallest absolute Gasteiger partial charge is 0.344 e. The molecule has 0 aliphatic rings. The molecule has 1 aromatic carbocycles. The number of aromatic nitrogens is 1. The number of amides is 1. The van der Waals surface area contributed by atoms with Crippen molar-refractivity contribution in [3.8, 4) is 10.6 Å². The van der Waals surface area contributed by atoms with Crippen LogP contribution >= 0.6 is 11.3 Å². The molecule has 1 aromatic heterocycles. The Kier molecular flexibility index (Phi) is 4.62. The van der Waals surface area contributed by atoms with Crippen molar-refractivity contribution in [2.45, 2.75) is 25.6 Å². The van der Waals surface area contributed by atoms with E-state index in [4.69, 9.17) is 0 Å². The van der Waals surface area contributed by atoms with Crippen LogP contribution in [0.15, 0.2) is 35.7 Å². The van der Waals surface area contributed by atoms with Crippen molar-refractivity contribution in [1.82, 2.24) is 10.3 Å². The number of hydrogen-bond acceptors (Lipinski definition) is 3. The summed E-state index contributed by atoms with van der Waals surface area (Å²) in [5.41, 5.74) is 1.38. The van der Waals surface area contributed by atoms with Gasteiger partial charge in [0.2, 0.25) is 5.91 Å². The fourth-order valence-electron chi connectivity index (χ4n) is 1.64. The van der Waals surface area contributed by atoms with Gasteiger partial charge < -0.3 is 5.32 Å². The van der Waals surface area contributed by atoms with Crippen LogP contribution in [-0.2, 0) is 11.2 Å². The maximum absolute atomic E-state index is 12.3. The quantitative estimate of drug-likeness (QED) is 0.939. The number of carbonyl (C=O) groups excluding carboxylic acids is 1. The zero-order valence-corrected chi connectivity index (χ0v) is 12.0. The van der Waals surface area contributed by atoms with E-state index in [1.165, 1.54) is 11.3 Å². The Morgan fingerprint density at radius 1 is 1.33 bits per heavy atom. The van der Waals surface area contributed by atoms with Crippen molar-refractivity contribution in [2.24, 2.45) is 0 Å². The molecule has 2 aromatic rings. The van der Waals surface area contributed by atoms with E-state index in [-0.39, 0.29) is 6.42 Å². The standard InChI is InChI=1S/C14H13F3N2OS/c1-9(14(15,16)17)18-12(20)7-11-8-21-13(19-11)10-5-3-2-4-6-10/h2-6,8-9H,7H2,1H3,(H,18,20). The second kappa shape index (κ2) is 6.26. The van der Waals surface area contributed by atoms with Gasteiger partial charge in [-0.2, -0.15) is 13.2 Å². The monoisotopic (exact) mass is 314 g/mol. The molecule has 0 bridgehead atoms. The van der Waals surface area contributed by atoms with Crippen LogP contribution in [0.1, 0.15) is 12.6 Å². The Balaban J connectivity index is 1.98. The maximum atomic E-state index is 12.3. The highest BCUT2D eigenvalue weighted by Gasteiger charge is 2.36. The largest absolute Gasteiger partial charge is 0.408 e. The minimum absolute atomic E-state index is 0.163. The van der Waals surface area contributed by atoms with Gasteiger partial charge in [-0.25, -0.2) is 4.98 Å². The van der Waals surface area contributed by atoms with Gasteiger partial charge in [-0.1, -0.05) is 30.3 Å². The molecule has 0 radical (unpaired) electrons. The Bertz CT molecular complexity index is 610. The number of halogens is 3. The van der Waals surface area contributed by atoms with Crippen LogP contribution in [0.4, 0.5) is 13.2 Å². The number of carbonyl (C=O) groups is 1. The van der Waals surface area contributed by atoms with Gasteiger partial charge in [0, 0.05) is 10.9 Å². The van der Waals surface area contributed by atoms with E-state index < -0.39 is 18.1 Å².